The van der Waals surface area contributed by atoms with Gasteiger partial charge >= 0.3 is 6.09 Å². The van der Waals surface area contributed by atoms with Crippen molar-refractivity contribution in [3.05, 3.63) is 29.5 Å². The lowest BCUT2D eigenvalue weighted by Gasteiger charge is -2.32. The second-order valence-corrected chi connectivity index (χ2v) is 6.54. The predicted molar refractivity (Wildman–Crippen MR) is 98.1 cm³/mol. The highest BCUT2D eigenvalue weighted by atomic mass is 16.5. The monoisotopic (exact) mass is 331 g/mol. The molecule has 5 nitrogen and oxygen atoms in total. The highest BCUT2D eigenvalue weighted by molar-refractivity contribution is 5.66. The lowest BCUT2D eigenvalue weighted by atomic mass is 9.93. The molecule has 1 N–H and O–H groups in total. The number of anilines is 1. The maximum absolute atomic E-state index is 11.3. The molecule has 0 spiro atoms. The summed E-state index contributed by atoms with van der Waals surface area (Å²) in [6, 6.07) is 4.24. The SMILES string of the molecule is CCOC(=O)NCCC1CCN(c2ccc(C=C(C)C)cn2)CC1. The highest BCUT2D eigenvalue weighted by Crippen LogP contribution is 2.24. The zero-order valence-electron chi connectivity index (χ0n) is 15.0. The molecule has 1 aromatic rings. The molecule has 1 aliphatic heterocycles. The van der Waals surface area contributed by atoms with Gasteiger partial charge in [-0.3, -0.25) is 0 Å². The first-order valence-electron chi connectivity index (χ1n) is 8.85. The van der Waals surface area contributed by atoms with Gasteiger partial charge in [-0.2, -0.15) is 0 Å². The van der Waals surface area contributed by atoms with Gasteiger partial charge in [0.1, 0.15) is 5.82 Å². The molecular weight excluding hydrogens is 302 g/mol. The van der Waals surface area contributed by atoms with Crippen molar-refractivity contribution in [2.75, 3.05) is 31.1 Å². The standard InChI is InChI=1S/C19H29N3O2/c1-4-24-19(23)20-10-7-16-8-11-22(12-9-16)18-6-5-17(14-21-18)13-15(2)3/h5-6,13-14,16H,4,7-12H2,1-3H3,(H,20,23). The summed E-state index contributed by atoms with van der Waals surface area (Å²) in [5.41, 5.74) is 2.43. The minimum absolute atomic E-state index is 0.310. The normalized spacial score (nSPS) is 15.0. The maximum Gasteiger partial charge on any atom is 0.407 e. The molecule has 0 unspecified atom stereocenters. The van der Waals surface area contributed by atoms with Crippen LogP contribution >= 0.6 is 0 Å². The molecule has 0 radical (unpaired) electrons. The Bertz CT molecular complexity index is 542. The minimum Gasteiger partial charge on any atom is -0.450 e. The zero-order valence-corrected chi connectivity index (χ0v) is 15.0. The number of nitrogens with zero attached hydrogens (tertiary/aromatic N) is 2. The number of piperidine rings is 1. The molecule has 1 aromatic heterocycles. The van der Waals surface area contributed by atoms with Crippen LogP contribution in [0.2, 0.25) is 0 Å². The third-order valence-electron chi connectivity index (χ3n) is 4.26. The first kappa shape index (κ1) is 18.3. The van der Waals surface area contributed by atoms with Crippen molar-refractivity contribution < 1.29 is 9.53 Å². The Morgan fingerprint density at radius 2 is 2.12 bits per heavy atom. The molecule has 24 heavy (non-hydrogen) atoms. The molecule has 132 valence electrons. The molecule has 1 saturated heterocycles. The number of carbonyl (C=O) groups is 1. The van der Waals surface area contributed by atoms with Crippen LogP contribution in [0.25, 0.3) is 6.08 Å². The maximum atomic E-state index is 11.3. The Kier molecular flexibility index (Phi) is 7.09. The van der Waals surface area contributed by atoms with E-state index >= 15 is 0 Å². The lowest BCUT2D eigenvalue weighted by Crippen LogP contribution is -2.35. The molecule has 0 saturated carbocycles. The van der Waals surface area contributed by atoms with E-state index in [2.05, 4.69) is 47.3 Å². The number of carbonyl (C=O) groups excluding carboxylic acids is 1. The predicted octanol–water partition coefficient (Wildman–Crippen LogP) is 3.86. The summed E-state index contributed by atoms with van der Waals surface area (Å²) in [6.45, 7) is 9.17. The second-order valence-electron chi connectivity index (χ2n) is 6.54. The number of amides is 1. The van der Waals surface area contributed by atoms with E-state index < -0.39 is 0 Å². The van der Waals surface area contributed by atoms with E-state index in [-0.39, 0.29) is 6.09 Å². The summed E-state index contributed by atoms with van der Waals surface area (Å²) in [5, 5.41) is 2.80. The average Bonchev–Trinajstić information content (AvgIpc) is 2.56. The van der Waals surface area contributed by atoms with Crippen LogP contribution in [0.5, 0.6) is 0 Å². The Balaban J connectivity index is 1.74. The van der Waals surface area contributed by atoms with Crippen molar-refractivity contribution >= 4 is 18.0 Å². The van der Waals surface area contributed by atoms with Crippen LogP contribution in [0.4, 0.5) is 10.6 Å². The Morgan fingerprint density at radius 3 is 2.71 bits per heavy atom. The van der Waals surface area contributed by atoms with Crippen LogP contribution in [0.15, 0.2) is 23.9 Å². The number of nitrogens with one attached hydrogen (secondary N) is 1. The molecule has 0 atom stereocenters. The summed E-state index contributed by atoms with van der Waals surface area (Å²) in [6.07, 6.45) is 7.07. The summed E-state index contributed by atoms with van der Waals surface area (Å²) in [5.74, 6) is 1.72. The molecular formula is C19H29N3O2. The van der Waals surface area contributed by atoms with Crippen molar-refractivity contribution in [3.8, 4) is 0 Å². The highest BCUT2D eigenvalue weighted by Gasteiger charge is 2.20. The largest absolute Gasteiger partial charge is 0.450 e. The van der Waals surface area contributed by atoms with Gasteiger partial charge in [0.15, 0.2) is 0 Å². The van der Waals surface area contributed by atoms with E-state index in [1.165, 1.54) is 5.57 Å². The summed E-state index contributed by atoms with van der Waals surface area (Å²) in [4.78, 5) is 18.2. The van der Waals surface area contributed by atoms with Crippen molar-refractivity contribution in [2.45, 2.75) is 40.0 Å². The fourth-order valence-corrected chi connectivity index (χ4v) is 3.01. The Morgan fingerprint density at radius 1 is 1.38 bits per heavy atom. The van der Waals surface area contributed by atoms with Gasteiger partial charge in [0.2, 0.25) is 0 Å². The minimum atomic E-state index is -0.310. The molecule has 0 bridgehead atoms. The Labute approximate surface area is 145 Å². The van der Waals surface area contributed by atoms with Crippen LogP contribution < -0.4 is 10.2 Å². The number of pyridine rings is 1. The molecule has 5 heteroatoms. The average molecular weight is 331 g/mol. The third kappa shape index (κ3) is 5.87. The molecule has 1 fully saturated rings. The molecule has 0 aromatic carbocycles. The number of hydrogen-bond acceptors (Lipinski definition) is 4. The van der Waals surface area contributed by atoms with Gasteiger partial charge in [-0.15, -0.1) is 0 Å². The van der Waals surface area contributed by atoms with Crippen molar-refractivity contribution in [1.29, 1.82) is 0 Å². The first-order chi connectivity index (χ1) is 11.6. The fourth-order valence-electron chi connectivity index (χ4n) is 3.01. The second kappa shape index (κ2) is 9.30. The quantitative estimate of drug-likeness (QED) is 0.860. The number of rotatable bonds is 6. The van der Waals surface area contributed by atoms with Crippen LogP contribution in [-0.4, -0.2) is 37.3 Å². The number of ether oxygens (including phenoxy) is 1. The van der Waals surface area contributed by atoms with Crippen molar-refractivity contribution in [2.24, 2.45) is 5.92 Å². The van der Waals surface area contributed by atoms with E-state index in [1.807, 2.05) is 13.1 Å². The molecule has 1 amide bonds. The number of alkyl carbamates (subject to hydrolysis) is 1. The van der Waals surface area contributed by atoms with Gasteiger partial charge < -0.3 is 15.0 Å². The molecule has 1 aliphatic rings. The number of hydrogen-bond donors (Lipinski definition) is 1. The fraction of sp³-hybridized carbons (Fsp3) is 0.579. The number of allylic oxidation sites excluding steroid dienone is 1. The Hall–Kier alpha value is -2.04. The van der Waals surface area contributed by atoms with E-state index in [0.717, 1.165) is 43.7 Å². The number of aromatic nitrogens is 1. The summed E-state index contributed by atoms with van der Waals surface area (Å²) in [7, 11) is 0. The van der Waals surface area contributed by atoms with Gasteiger partial charge in [-0.1, -0.05) is 11.6 Å². The van der Waals surface area contributed by atoms with Crippen molar-refractivity contribution in [3.63, 3.8) is 0 Å². The summed E-state index contributed by atoms with van der Waals surface area (Å²) >= 11 is 0. The van der Waals surface area contributed by atoms with Gasteiger partial charge in [0.05, 0.1) is 6.61 Å². The van der Waals surface area contributed by atoms with Crippen LogP contribution in [0, 0.1) is 5.92 Å². The van der Waals surface area contributed by atoms with Gasteiger partial charge in [-0.05, 0) is 63.6 Å². The van der Waals surface area contributed by atoms with Gasteiger partial charge in [-0.25, -0.2) is 9.78 Å². The lowest BCUT2D eigenvalue weighted by molar-refractivity contribution is 0.151. The van der Waals surface area contributed by atoms with E-state index in [4.69, 9.17) is 4.74 Å². The van der Waals surface area contributed by atoms with Crippen LogP contribution in [0.3, 0.4) is 0 Å². The van der Waals surface area contributed by atoms with Crippen LogP contribution in [-0.2, 0) is 4.74 Å². The molecule has 2 rings (SSSR count). The van der Waals surface area contributed by atoms with E-state index in [1.54, 1.807) is 0 Å². The molecule has 2 heterocycles. The van der Waals surface area contributed by atoms with E-state index in [0.29, 0.717) is 19.1 Å². The zero-order chi connectivity index (χ0) is 17.4. The first-order valence-corrected chi connectivity index (χ1v) is 8.85. The van der Waals surface area contributed by atoms with Gasteiger partial charge in [0, 0.05) is 25.8 Å². The van der Waals surface area contributed by atoms with Crippen LogP contribution in [0.1, 0.15) is 45.6 Å². The summed E-state index contributed by atoms with van der Waals surface area (Å²) < 4.78 is 4.87. The van der Waals surface area contributed by atoms with Gasteiger partial charge in [0.25, 0.3) is 0 Å². The smallest absolute Gasteiger partial charge is 0.407 e. The third-order valence-corrected chi connectivity index (χ3v) is 4.26. The molecule has 0 aliphatic carbocycles. The topological polar surface area (TPSA) is 54.5 Å². The van der Waals surface area contributed by atoms with Crippen molar-refractivity contribution in [1.82, 2.24) is 10.3 Å². The van der Waals surface area contributed by atoms with E-state index in [9.17, 15) is 4.79 Å².